The van der Waals surface area contributed by atoms with E-state index in [0.717, 1.165) is 12.5 Å². The minimum Gasteiger partial charge on any atom is -0.328 e. The monoisotopic (exact) mass is 260 g/mol. The Morgan fingerprint density at radius 2 is 1.95 bits per heavy atom. The maximum Gasteiger partial charge on any atom is 0.0236 e. The van der Waals surface area contributed by atoms with Gasteiger partial charge in [0.1, 0.15) is 0 Å². The molecule has 1 aromatic carbocycles. The third-order valence-electron chi connectivity index (χ3n) is 4.27. The molecule has 2 unspecified atom stereocenters. The smallest absolute Gasteiger partial charge is 0.0236 e. The van der Waals surface area contributed by atoms with Gasteiger partial charge in [-0.15, -0.1) is 0 Å². The Bertz CT molecular complexity index is 361. The van der Waals surface area contributed by atoms with Crippen molar-refractivity contribution in [2.24, 2.45) is 11.7 Å². The molecule has 19 heavy (non-hydrogen) atoms. The van der Waals surface area contributed by atoms with Crippen molar-refractivity contribution in [2.75, 3.05) is 6.54 Å². The van der Waals surface area contributed by atoms with E-state index in [2.05, 4.69) is 49.1 Å². The van der Waals surface area contributed by atoms with Crippen LogP contribution in [0.3, 0.4) is 0 Å². The van der Waals surface area contributed by atoms with E-state index in [1.807, 2.05) is 0 Å². The highest BCUT2D eigenvalue weighted by Crippen LogP contribution is 2.25. The maximum absolute atomic E-state index is 6.11. The zero-order valence-electron chi connectivity index (χ0n) is 12.4. The van der Waals surface area contributed by atoms with Crippen molar-refractivity contribution in [2.45, 2.75) is 58.2 Å². The maximum atomic E-state index is 6.11. The van der Waals surface area contributed by atoms with Crippen molar-refractivity contribution in [1.29, 1.82) is 0 Å². The summed E-state index contributed by atoms with van der Waals surface area (Å²) in [6.07, 6.45) is 5.09. The van der Waals surface area contributed by atoms with Gasteiger partial charge in [-0.1, -0.05) is 36.8 Å². The number of nitrogens with two attached hydrogens (primary N) is 1. The molecule has 0 aromatic heterocycles. The molecule has 0 saturated heterocycles. The largest absolute Gasteiger partial charge is 0.328 e. The lowest BCUT2D eigenvalue weighted by atomic mass is 9.85. The standard InChI is InChI=1S/C17H28N2/c1-14(2)19(12-15-7-4-3-5-8-15)13-16-9-6-10-17(18)11-16/h3-5,7-8,14,16-17H,6,9-13,18H2,1-2H3. The van der Waals surface area contributed by atoms with Crippen LogP contribution in [0.4, 0.5) is 0 Å². The van der Waals surface area contributed by atoms with Crippen LogP contribution in [0, 0.1) is 5.92 Å². The molecule has 2 nitrogen and oxygen atoms in total. The van der Waals surface area contributed by atoms with Crippen LogP contribution in [0.2, 0.25) is 0 Å². The molecule has 0 amide bonds. The van der Waals surface area contributed by atoms with Gasteiger partial charge in [-0.3, -0.25) is 4.90 Å². The summed E-state index contributed by atoms with van der Waals surface area (Å²) in [5.74, 6) is 0.787. The molecule has 0 aliphatic heterocycles. The van der Waals surface area contributed by atoms with Gasteiger partial charge in [0, 0.05) is 25.2 Å². The van der Waals surface area contributed by atoms with E-state index in [-0.39, 0.29) is 0 Å². The summed E-state index contributed by atoms with van der Waals surface area (Å²) in [6, 6.07) is 11.8. The Balaban J connectivity index is 1.92. The van der Waals surface area contributed by atoms with E-state index >= 15 is 0 Å². The van der Waals surface area contributed by atoms with Crippen molar-refractivity contribution >= 4 is 0 Å². The van der Waals surface area contributed by atoms with Gasteiger partial charge in [-0.25, -0.2) is 0 Å². The van der Waals surface area contributed by atoms with Crippen molar-refractivity contribution in [1.82, 2.24) is 4.90 Å². The highest BCUT2D eigenvalue weighted by atomic mass is 15.1. The van der Waals surface area contributed by atoms with Crippen LogP contribution in [-0.2, 0) is 6.54 Å². The number of rotatable bonds is 5. The number of nitrogens with zero attached hydrogens (tertiary/aromatic N) is 1. The molecule has 1 aliphatic rings. The summed E-state index contributed by atoms with van der Waals surface area (Å²) in [5.41, 5.74) is 7.52. The van der Waals surface area contributed by atoms with E-state index in [0.29, 0.717) is 12.1 Å². The van der Waals surface area contributed by atoms with Crippen LogP contribution in [0.15, 0.2) is 30.3 Å². The molecule has 2 atom stereocenters. The fraction of sp³-hybridized carbons (Fsp3) is 0.647. The predicted octanol–water partition coefficient (Wildman–Crippen LogP) is 3.41. The first kappa shape index (κ1) is 14.5. The molecule has 0 spiro atoms. The lowest BCUT2D eigenvalue weighted by Crippen LogP contribution is -2.38. The van der Waals surface area contributed by atoms with Gasteiger partial charge in [0.25, 0.3) is 0 Å². The van der Waals surface area contributed by atoms with E-state index in [1.54, 1.807) is 0 Å². The van der Waals surface area contributed by atoms with Gasteiger partial charge in [0.2, 0.25) is 0 Å². The molecular formula is C17H28N2. The third kappa shape index (κ3) is 4.63. The fourth-order valence-electron chi connectivity index (χ4n) is 3.11. The third-order valence-corrected chi connectivity index (χ3v) is 4.27. The predicted molar refractivity (Wildman–Crippen MR) is 81.9 cm³/mol. The van der Waals surface area contributed by atoms with Crippen molar-refractivity contribution in [3.63, 3.8) is 0 Å². The summed E-state index contributed by atoms with van der Waals surface area (Å²) in [6.45, 7) is 6.85. The zero-order valence-corrected chi connectivity index (χ0v) is 12.4. The second-order valence-corrected chi connectivity index (χ2v) is 6.30. The lowest BCUT2D eigenvalue weighted by molar-refractivity contribution is 0.153. The fourth-order valence-corrected chi connectivity index (χ4v) is 3.11. The molecule has 1 fully saturated rings. The van der Waals surface area contributed by atoms with Gasteiger partial charge in [0.05, 0.1) is 0 Å². The summed E-state index contributed by atoms with van der Waals surface area (Å²) >= 11 is 0. The van der Waals surface area contributed by atoms with Crippen LogP contribution in [-0.4, -0.2) is 23.5 Å². The van der Waals surface area contributed by atoms with Crippen LogP contribution in [0.5, 0.6) is 0 Å². The number of hydrogen-bond donors (Lipinski definition) is 1. The Morgan fingerprint density at radius 3 is 2.58 bits per heavy atom. The average Bonchev–Trinajstić information content (AvgIpc) is 2.39. The van der Waals surface area contributed by atoms with Gasteiger partial charge in [-0.05, 0) is 44.6 Å². The topological polar surface area (TPSA) is 29.3 Å². The van der Waals surface area contributed by atoms with Crippen LogP contribution >= 0.6 is 0 Å². The Morgan fingerprint density at radius 1 is 1.21 bits per heavy atom. The van der Waals surface area contributed by atoms with Gasteiger partial charge < -0.3 is 5.73 Å². The SMILES string of the molecule is CC(C)N(Cc1ccccc1)CC1CCCC(N)C1. The molecule has 106 valence electrons. The first-order valence-corrected chi connectivity index (χ1v) is 7.68. The normalized spacial score (nSPS) is 24.1. The second-order valence-electron chi connectivity index (χ2n) is 6.30. The van der Waals surface area contributed by atoms with E-state index in [1.165, 1.54) is 37.8 Å². The van der Waals surface area contributed by atoms with Crippen LogP contribution in [0.1, 0.15) is 45.1 Å². The zero-order chi connectivity index (χ0) is 13.7. The van der Waals surface area contributed by atoms with E-state index in [9.17, 15) is 0 Å². The van der Waals surface area contributed by atoms with Crippen molar-refractivity contribution < 1.29 is 0 Å². The second kappa shape index (κ2) is 7.06. The number of benzene rings is 1. The lowest BCUT2D eigenvalue weighted by Gasteiger charge is -2.34. The Labute approximate surface area is 118 Å². The van der Waals surface area contributed by atoms with Gasteiger partial charge >= 0.3 is 0 Å². The Kier molecular flexibility index (Phi) is 5.41. The Hall–Kier alpha value is -0.860. The first-order chi connectivity index (χ1) is 9.15. The highest BCUT2D eigenvalue weighted by Gasteiger charge is 2.22. The molecule has 0 radical (unpaired) electrons. The first-order valence-electron chi connectivity index (χ1n) is 7.68. The summed E-state index contributed by atoms with van der Waals surface area (Å²) in [5, 5.41) is 0. The molecule has 2 N–H and O–H groups in total. The van der Waals surface area contributed by atoms with E-state index < -0.39 is 0 Å². The summed E-state index contributed by atoms with van der Waals surface area (Å²) in [7, 11) is 0. The minimum absolute atomic E-state index is 0.435. The molecular weight excluding hydrogens is 232 g/mol. The van der Waals surface area contributed by atoms with Crippen LogP contribution < -0.4 is 5.73 Å². The van der Waals surface area contributed by atoms with E-state index in [4.69, 9.17) is 5.73 Å². The van der Waals surface area contributed by atoms with Crippen molar-refractivity contribution in [3.05, 3.63) is 35.9 Å². The molecule has 2 rings (SSSR count). The molecule has 2 heteroatoms. The summed E-state index contributed by atoms with van der Waals surface area (Å²) in [4.78, 5) is 2.60. The molecule has 0 heterocycles. The summed E-state index contributed by atoms with van der Waals surface area (Å²) < 4.78 is 0. The van der Waals surface area contributed by atoms with Gasteiger partial charge in [-0.2, -0.15) is 0 Å². The molecule has 0 bridgehead atoms. The molecule has 1 saturated carbocycles. The van der Waals surface area contributed by atoms with Gasteiger partial charge in [0.15, 0.2) is 0 Å². The highest BCUT2D eigenvalue weighted by molar-refractivity contribution is 5.14. The van der Waals surface area contributed by atoms with Crippen LogP contribution in [0.25, 0.3) is 0 Å². The quantitative estimate of drug-likeness (QED) is 0.879. The minimum atomic E-state index is 0.435. The molecule has 1 aliphatic carbocycles. The average molecular weight is 260 g/mol. The molecule has 1 aromatic rings. The number of hydrogen-bond acceptors (Lipinski definition) is 2. The van der Waals surface area contributed by atoms with Crippen molar-refractivity contribution in [3.8, 4) is 0 Å².